The van der Waals surface area contributed by atoms with Gasteiger partial charge in [-0.2, -0.15) is 0 Å². The largest absolute Gasteiger partial charge is 0.394 e. The summed E-state index contributed by atoms with van der Waals surface area (Å²) in [5, 5.41) is 120. The van der Waals surface area contributed by atoms with Gasteiger partial charge in [0, 0.05) is 6.42 Å². The molecule has 0 aromatic rings. The first kappa shape index (κ1) is 77.3. The molecule has 85 heavy (non-hydrogen) atoms. The van der Waals surface area contributed by atoms with E-state index in [2.05, 4.69) is 43.5 Å². The SMILES string of the molecule is CCCCCCCC/C=C\CCCCCCCC(=O)NC(COC1OC(CO)C(OC2OC(CO)C(OC3OC(CO)C(O)C(O)C3O)C(O)C2O)C(O)C1O)C(O)/C=C/CC/C=C/CCCCCCCCCCCCCCCCCCCCC. The van der Waals surface area contributed by atoms with Gasteiger partial charge in [0.15, 0.2) is 18.9 Å². The molecule has 498 valence electrons. The number of unbranched alkanes of at least 4 members (excludes halogenated alkanes) is 31. The topological polar surface area (TPSA) is 307 Å². The number of allylic oxidation sites excluding steroid dienone is 5. The molecule has 17 unspecified atom stereocenters. The van der Waals surface area contributed by atoms with Gasteiger partial charge < -0.3 is 89.9 Å². The first-order valence-electron chi connectivity index (χ1n) is 33.7. The molecule has 0 bridgehead atoms. The summed E-state index contributed by atoms with van der Waals surface area (Å²) in [4.78, 5) is 13.3. The average molecular weight is 1220 g/mol. The third kappa shape index (κ3) is 31.5. The summed E-state index contributed by atoms with van der Waals surface area (Å²) < 4.78 is 34.3. The average Bonchev–Trinajstić information content (AvgIpc) is 3.49. The highest BCUT2D eigenvalue weighted by Gasteiger charge is 2.53. The molecule has 19 nitrogen and oxygen atoms in total. The number of aliphatic hydroxyl groups excluding tert-OH is 11. The number of rotatable bonds is 51. The Kier molecular flexibility index (Phi) is 44.4. The number of carbonyl (C=O) groups excluding carboxylic acids is 1. The summed E-state index contributed by atoms with van der Waals surface area (Å²) in [6, 6.07) is -0.993. The Morgan fingerprint density at radius 3 is 1.18 bits per heavy atom. The molecule has 19 heteroatoms. The van der Waals surface area contributed by atoms with Crippen LogP contribution in [0.1, 0.15) is 245 Å². The Balaban J connectivity index is 1.46. The first-order valence-corrected chi connectivity index (χ1v) is 33.7. The van der Waals surface area contributed by atoms with E-state index in [-0.39, 0.29) is 18.9 Å². The first-order chi connectivity index (χ1) is 41.3. The van der Waals surface area contributed by atoms with Gasteiger partial charge in [-0.05, 0) is 57.8 Å². The van der Waals surface area contributed by atoms with Crippen molar-refractivity contribution >= 4 is 5.91 Å². The molecule has 12 N–H and O–H groups in total. The van der Waals surface area contributed by atoms with Crippen LogP contribution in [0.3, 0.4) is 0 Å². The normalized spacial score (nSPS) is 29.2. The molecule has 3 aliphatic heterocycles. The van der Waals surface area contributed by atoms with Crippen LogP contribution in [0.15, 0.2) is 36.5 Å². The van der Waals surface area contributed by atoms with Crippen LogP contribution in [0.5, 0.6) is 0 Å². The Labute approximate surface area is 511 Å². The third-order valence-electron chi connectivity index (χ3n) is 16.9. The zero-order valence-corrected chi connectivity index (χ0v) is 52.3. The van der Waals surface area contributed by atoms with Crippen molar-refractivity contribution in [2.45, 2.75) is 349 Å². The lowest BCUT2D eigenvalue weighted by Gasteiger charge is -2.48. The molecule has 0 spiro atoms. The van der Waals surface area contributed by atoms with Gasteiger partial charge >= 0.3 is 0 Å². The second-order valence-electron chi connectivity index (χ2n) is 24.3. The van der Waals surface area contributed by atoms with E-state index in [4.69, 9.17) is 28.4 Å². The highest BCUT2D eigenvalue weighted by atomic mass is 16.8. The maximum Gasteiger partial charge on any atom is 0.220 e. The summed E-state index contributed by atoms with van der Waals surface area (Å²) in [6.45, 7) is 1.71. The molecular weight excluding hydrogens is 1090 g/mol. The molecule has 3 saturated heterocycles. The van der Waals surface area contributed by atoms with Crippen LogP contribution in [-0.4, -0.2) is 193 Å². The summed E-state index contributed by atoms with van der Waals surface area (Å²) in [6.07, 6.45) is 28.5. The van der Waals surface area contributed by atoms with Gasteiger partial charge in [-0.25, -0.2) is 0 Å². The zero-order valence-electron chi connectivity index (χ0n) is 52.3. The summed E-state index contributed by atoms with van der Waals surface area (Å²) >= 11 is 0. The molecule has 17 atom stereocenters. The van der Waals surface area contributed by atoms with E-state index in [0.29, 0.717) is 12.8 Å². The Morgan fingerprint density at radius 2 is 0.753 bits per heavy atom. The summed E-state index contributed by atoms with van der Waals surface area (Å²) in [7, 11) is 0. The van der Waals surface area contributed by atoms with Crippen LogP contribution in [0.2, 0.25) is 0 Å². The van der Waals surface area contributed by atoms with Gasteiger partial charge in [-0.15, -0.1) is 0 Å². The van der Waals surface area contributed by atoms with Crippen molar-refractivity contribution in [2.24, 2.45) is 0 Å². The molecule has 3 fully saturated rings. The molecule has 3 heterocycles. The van der Waals surface area contributed by atoms with Gasteiger partial charge in [0.1, 0.15) is 73.2 Å². The van der Waals surface area contributed by atoms with Gasteiger partial charge in [-0.3, -0.25) is 4.79 Å². The van der Waals surface area contributed by atoms with Gasteiger partial charge in [0.2, 0.25) is 5.91 Å². The number of nitrogens with one attached hydrogen (secondary N) is 1. The van der Waals surface area contributed by atoms with Crippen LogP contribution in [0.4, 0.5) is 0 Å². The smallest absolute Gasteiger partial charge is 0.220 e. The number of carbonyl (C=O) groups is 1. The fraction of sp³-hybridized carbons (Fsp3) is 0.894. The monoisotopic (exact) mass is 1220 g/mol. The van der Waals surface area contributed by atoms with Crippen molar-refractivity contribution in [2.75, 3.05) is 26.4 Å². The standard InChI is InChI=1S/C66H121NO18/c1-3-5-7-9-11-13-15-17-19-20-21-22-23-24-25-26-27-28-30-31-33-35-37-39-41-43-50(71)49(67-54(72)44-42-40-38-36-34-32-29-18-16-14-12-10-8-6-4-2)48-80-64-60(78)57(75)62(52(46-69)82-64)85-66-61(79)58(76)63(53(47-70)83-66)84-65-59(77)56(74)55(73)51(45-68)81-65/h18,29,33,35,41,43,49-53,55-66,68-71,73-79H,3-17,19-28,30-32,34,36-40,42,44-48H2,1-2H3,(H,67,72)/b29-18-,35-33+,43-41+. The molecular formula is C66H121NO18. The van der Waals surface area contributed by atoms with Crippen molar-refractivity contribution < 1.29 is 89.4 Å². The minimum absolute atomic E-state index is 0.226. The van der Waals surface area contributed by atoms with Crippen LogP contribution < -0.4 is 5.32 Å². The fourth-order valence-corrected chi connectivity index (χ4v) is 11.4. The van der Waals surface area contributed by atoms with Crippen LogP contribution >= 0.6 is 0 Å². The van der Waals surface area contributed by atoms with Crippen LogP contribution in [-0.2, 0) is 33.2 Å². The fourth-order valence-electron chi connectivity index (χ4n) is 11.4. The maximum absolute atomic E-state index is 13.3. The zero-order chi connectivity index (χ0) is 61.9. The van der Waals surface area contributed by atoms with Crippen molar-refractivity contribution in [3.8, 4) is 0 Å². The number of amides is 1. The van der Waals surface area contributed by atoms with Crippen molar-refractivity contribution in [1.82, 2.24) is 5.32 Å². The van der Waals surface area contributed by atoms with Crippen LogP contribution in [0.25, 0.3) is 0 Å². The van der Waals surface area contributed by atoms with E-state index in [0.717, 1.165) is 57.8 Å². The number of hydrogen-bond acceptors (Lipinski definition) is 18. The van der Waals surface area contributed by atoms with E-state index in [9.17, 15) is 61.0 Å². The van der Waals surface area contributed by atoms with Crippen molar-refractivity contribution in [3.05, 3.63) is 36.5 Å². The molecule has 0 aromatic carbocycles. The Bertz CT molecular complexity index is 1690. The van der Waals surface area contributed by atoms with Gasteiger partial charge in [0.25, 0.3) is 0 Å². The molecule has 3 rings (SSSR count). The number of ether oxygens (including phenoxy) is 6. The van der Waals surface area contributed by atoms with Crippen LogP contribution in [0, 0.1) is 0 Å². The second kappa shape index (κ2) is 48.8. The van der Waals surface area contributed by atoms with E-state index < -0.39 is 124 Å². The lowest BCUT2D eigenvalue weighted by Crippen LogP contribution is -2.66. The summed E-state index contributed by atoms with van der Waals surface area (Å²) in [5.74, 6) is -0.293. The molecule has 0 radical (unpaired) electrons. The Morgan fingerprint density at radius 1 is 0.412 bits per heavy atom. The molecule has 0 aliphatic carbocycles. The molecule has 0 aromatic heterocycles. The summed E-state index contributed by atoms with van der Waals surface area (Å²) in [5.41, 5.74) is 0. The van der Waals surface area contributed by atoms with E-state index in [1.165, 1.54) is 154 Å². The molecule has 0 saturated carbocycles. The number of hydrogen-bond donors (Lipinski definition) is 12. The highest BCUT2D eigenvalue weighted by molar-refractivity contribution is 5.76. The third-order valence-corrected chi connectivity index (χ3v) is 16.9. The highest BCUT2D eigenvalue weighted by Crippen LogP contribution is 2.33. The quantitative estimate of drug-likeness (QED) is 0.0202. The van der Waals surface area contributed by atoms with E-state index >= 15 is 0 Å². The van der Waals surface area contributed by atoms with Gasteiger partial charge in [0.05, 0.1) is 38.6 Å². The van der Waals surface area contributed by atoms with E-state index in [1.807, 2.05) is 6.08 Å². The predicted molar refractivity (Wildman–Crippen MR) is 328 cm³/mol. The van der Waals surface area contributed by atoms with Crippen molar-refractivity contribution in [1.29, 1.82) is 0 Å². The lowest BCUT2D eigenvalue weighted by atomic mass is 9.96. The minimum atomic E-state index is -1.98. The predicted octanol–water partition coefficient (Wildman–Crippen LogP) is 8.05. The maximum atomic E-state index is 13.3. The molecule has 3 aliphatic rings. The second-order valence-corrected chi connectivity index (χ2v) is 24.3. The number of aliphatic hydroxyl groups is 11. The lowest BCUT2D eigenvalue weighted by molar-refractivity contribution is -0.379. The van der Waals surface area contributed by atoms with Gasteiger partial charge in [-0.1, -0.05) is 217 Å². The van der Waals surface area contributed by atoms with E-state index in [1.54, 1.807) is 6.08 Å². The minimum Gasteiger partial charge on any atom is -0.394 e. The van der Waals surface area contributed by atoms with Crippen molar-refractivity contribution in [3.63, 3.8) is 0 Å². The molecule has 1 amide bonds. The Hall–Kier alpha value is -1.99.